The molecule has 0 radical (unpaired) electrons. The Hall–Kier alpha value is -0.590. The molecule has 74 valence electrons. The molecule has 5 nitrogen and oxygen atoms in total. The Morgan fingerprint density at radius 3 is 3.08 bits per heavy atom. The van der Waals surface area contributed by atoms with Crippen molar-refractivity contribution in [1.29, 1.82) is 0 Å². The molecular weight excluding hydrogens is 188 g/mol. The summed E-state index contributed by atoms with van der Waals surface area (Å²) in [6.07, 6.45) is 1.68. The summed E-state index contributed by atoms with van der Waals surface area (Å²) in [7, 11) is 1.92. The van der Waals surface area contributed by atoms with Crippen LogP contribution in [0.15, 0.2) is 11.5 Å². The minimum Gasteiger partial charge on any atom is -0.379 e. The fourth-order valence-electron chi connectivity index (χ4n) is 0.781. The van der Waals surface area contributed by atoms with Crippen molar-refractivity contribution in [2.24, 2.45) is 12.8 Å². The van der Waals surface area contributed by atoms with Gasteiger partial charge in [-0.1, -0.05) is 11.8 Å². The number of thioether (sulfide) groups is 1. The van der Waals surface area contributed by atoms with Gasteiger partial charge in [-0.05, 0) is 0 Å². The number of aromatic nitrogens is 3. The van der Waals surface area contributed by atoms with E-state index in [9.17, 15) is 0 Å². The highest BCUT2D eigenvalue weighted by Crippen LogP contribution is 2.12. The van der Waals surface area contributed by atoms with Crippen LogP contribution in [0, 0.1) is 0 Å². The van der Waals surface area contributed by atoms with Gasteiger partial charge in [0.1, 0.15) is 6.33 Å². The van der Waals surface area contributed by atoms with Crippen LogP contribution < -0.4 is 5.73 Å². The molecule has 0 saturated heterocycles. The van der Waals surface area contributed by atoms with Gasteiger partial charge in [0.15, 0.2) is 5.16 Å². The van der Waals surface area contributed by atoms with Crippen molar-refractivity contribution in [3.63, 3.8) is 0 Å². The standard InChI is InChI=1S/C7H14N4OS/c1-11-6-9-10-7(11)13-5-4-12-3-2-8/h6H,2-5,8H2,1H3. The van der Waals surface area contributed by atoms with E-state index in [1.54, 1.807) is 18.1 Å². The van der Waals surface area contributed by atoms with Crippen LogP contribution in [0.5, 0.6) is 0 Å². The fourth-order valence-corrected chi connectivity index (χ4v) is 1.52. The summed E-state index contributed by atoms with van der Waals surface area (Å²) in [5.41, 5.74) is 5.27. The van der Waals surface area contributed by atoms with Crippen LogP contribution in [0.1, 0.15) is 0 Å². The van der Waals surface area contributed by atoms with Gasteiger partial charge in [0.05, 0.1) is 13.2 Å². The summed E-state index contributed by atoms with van der Waals surface area (Å²) in [6.45, 7) is 1.91. The second kappa shape index (κ2) is 5.95. The monoisotopic (exact) mass is 202 g/mol. The third-order valence-electron chi connectivity index (χ3n) is 1.39. The van der Waals surface area contributed by atoms with Gasteiger partial charge in [-0.25, -0.2) is 0 Å². The van der Waals surface area contributed by atoms with Crippen LogP contribution >= 0.6 is 11.8 Å². The Balaban J connectivity index is 2.10. The topological polar surface area (TPSA) is 66.0 Å². The molecule has 13 heavy (non-hydrogen) atoms. The zero-order valence-corrected chi connectivity index (χ0v) is 8.46. The van der Waals surface area contributed by atoms with Crippen LogP contribution in [0.2, 0.25) is 0 Å². The van der Waals surface area contributed by atoms with Crippen molar-refractivity contribution in [1.82, 2.24) is 14.8 Å². The minimum atomic E-state index is 0.578. The molecule has 0 aliphatic heterocycles. The molecule has 0 bridgehead atoms. The molecule has 0 atom stereocenters. The van der Waals surface area contributed by atoms with Gasteiger partial charge in [0, 0.05) is 19.3 Å². The second-order valence-corrected chi connectivity index (χ2v) is 3.54. The molecule has 1 aromatic heterocycles. The van der Waals surface area contributed by atoms with Crippen LogP contribution in [0.4, 0.5) is 0 Å². The largest absolute Gasteiger partial charge is 0.379 e. The van der Waals surface area contributed by atoms with Crippen molar-refractivity contribution in [2.75, 3.05) is 25.5 Å². The Kier molecular flexibility index (Phi) is 4.81. The zero-order chi connectivity index (χ0) is 9.52. The molecule has 2 N–H and O–H groups in total. The second-order valence-electron chi connectivity index (χ2n) is 2.47. The summed E-state index contributed by atoms with van der Waals surface area (Å²) in [6, 6.07) is 0. The summed E-state index contributed by atoms with van der Waals surface area (Å²) < 4.78 is 7.10. The maximum Gasteiger partial charge on any atom is 0.190 e. The van der Waals surface area contributed by atoms with Gasteiger partial charge in [0.2, 0.25) is 0 Å². The zero-order valence-electron chi connectivity index (χ0n) is 7.64. The number of aryl methyl sites for hydroxylation is 1. The summed E-state index contributed by atoms with van der Waals surface area (Å²) in [5.74, 6) is 0.881. The Morgan fingerprint density at radius 2 is 2.46 bits per heavy atom. The maximum atomic E-state index is 5.27. The smallest absolute Gasteiger partial charge is 0.190 e. The molecule has 0 aliphatic rings. The average molecular weight is 202 g/mol. The van der Waals surface area contributed by atoms with Crippen molar-refractivity contribution in [3.8, 4) is 0 Å². The average Bonchev–Trinajstić information content (AvgIpc) is 2.52. The van der Waals surface area contributed by atoms with E-state index in [0.29, 0.717) is 19.8 Å². The van der Waals surface area contributed by atoms with Gasteiger partial charge >= 0.3 is 0 Å². The molecule has 0 aromatic carbocycles. The normalized spacial score (nSPS) is 10.6. The van der Waals surface area contributed by atoms with E-state index in [-0.39, 0.29) is 0 Å². The lowest BCUT2D eigenvalue weighted by molar-refractivity contribution is 0.158. The highest BCUT2D eigenvalue weighted by Gasteiger charge is 1.99. The van der Waals surface area contributed by atoms with Crippen molar-refractivity contribution in [3.05, 3.63) is 6.33 Å². The van der Waals surface area contributed by atoms with E-state index in [1.807, 2.05) is 11.6 Å². The van der Waals surface area contributed by atoms with Crippen LogP contribution in [-0.4, -0.2) is 40.3 Å². The van der Waals surface area contributed by atoms with E-state index in [2.05, 4.69) is 10.2 Å². The first-order valence-corrected chi connectivity index (χ1v) is 5.07. The Labute approximate surface area is 81.7 Å². The number of rotatable bonds is 6. The van der Waals surface area contributed by atoms with Crippen molar-refractivity contribution >= 4 is 11.8 Å². The molecule has 0 saturated carbocycles. The summed E-state index contributed by atoms with van der Waals surface area (Å²) in [4.78, 5) is 0. The molecule has 0 unspecified atom stereocenters. The lowest BCUT2D eigenvalue weighted by Crippen LogP contribution is -2.10. The van der Waals surface area contributed by atoms with Gasteiger partial charge < -0.3 is 15.0 Å². The van der Waals surface area contributed by atoms with Gasteiger partial charge in [-0.2, -0.15) is 0 Å². The molecular formula is C7H14N4OS. The predicted molar refractivity (Wildman–Crippen MR) is 51.6 cm³/mol. The maximum absolute atomic E-state index is 5.27. The number of hydrogen-bond donors (Lipinski definition) is 1. The van der Waals surface area contributed by atoms with Gasteiger partial charge in [-0.3, -0.25) is 0 Å². The van der Waals surface area contributed by atoms with Crippen LogP contribution in [0.25, 0.3) is 0 Å². The third kappa shape index (κ3) is 3.75. The molecule has 1 aromatic rings. The quantitative estimate of drug-likeness (QED) is 0.514. The number of nitrogens with zero attached hydrogens (tertiary/aromatic N) is 3. The lowest BCUT2D eigenvalue weighted by atomic mass is 10.7. The van der Waals surface area contributed by atoms with Crippen molar-refractivity contribution in [2.45, 2.75) is 5.16 Å². The number of hydrogen-bond acceptors (Lipinski definition) is 5. The Morgan fingerprint density at radius 1 is 1.62 bits per heavy atom. The van der Waals surface area contributed by atoms with Gasteiger partial charge in [-0.15, -0.1) is 10.2 Å². The third-order valence-corrected chi connectivity index (χ3v) is 2.39. The van der Waals surface area contributed by atoms with Crippen LogP contribution in [0.3, 0.4) is 0 Å². The van der Waals surface area contributed by atoms with E-state index >= 15 is 0 Å². The molecule has 1 rings (SSSR count). The van der Waals surface area contributed by atoms with E-state index < -0.39 is 0 Å². The number of nitrogens with two attached hydrogens (primary N) is 1. The minimum absolute atomic E-state index is 0.578. The SMILES string of the molecule is Cn1cnnc1SCCOCCN. The Bertz CT molecular complexity index is 240. The summed E-state index contributed by atoms with van der Waals surface area (Å²) in [5, 5.41) is 8.61. The first-order chi connectivity index (χ1) is 6.34. The highest BCUT2D eigenvalue weighted by molar-refractivity contribution is 7.99. The van der Waals surface area contributed by atoms with Gasteiger partial charge in [0.25, 0.3) is 0 Å². The molecule has 1 heterocycles. The van der Waals surface area contributed by atoms with E-state index in [4.69, 9.17) is 10.5 Å². The molecule has 0 spiro atoms. The summed E-state index contributed by atoms with van der Waals surface area (Å²) >= 11 is 1.63. The predicted octanol–water partition coefficient (Wildman–Crippen LogP) is -0.118. The van der Waals surface area contributed by atoms with E-state index in [0.717, 1.165) is 10.9 Å². The molecule has 0 fully saturated rings. The fraction of sp³-hybridized carbons (Fsp3) is 0.714. The first kappa shape index (κ1) is 10.5. The lowest BCUT2D eigenvalue weighted by Gasteiger charge is -2.01. The number of ether oxygens (including phenoxy) is 1. The first-order valence-electron chi connectivity index (χ1n) is 4.09. The highest BCUT2D eigenvalue weighted by atomic mass is 32.2. The van der Waals surface area contributed by atoms with E-state index in [1.165, 1.54) is 0 Å². The van der Waals surface area contributed by atoms with Crippen molar-refractivity contribution < 1.29 is 4.74 Å². The molecule has 6 heteroatoms. The van der Waals surface area contributed by atoms with Crippen LogP contribution in [-0.2, 0) is 11.8 Å². The molecule has 0 aliphatic carbocycles. The molecule has 0 amide bonds.